The Hall–Kier alpha value is -1.77. The fraction of sp³-hybridized carbons (Fsp3) is 0. The zero-order chi connectivity index (χ0) is 17.0. The van der Waals surface area contributed by atoms with E-state index in [2.05, 4.69) is 10.5 Å². The van der Waals surface area contributed by atoms with E-state index >= 15 is 0 Å². The largest absolute Gasteiger partial charge is 0.286 e. The fourth-order valence-corrected chi connectivity index (χ4v) is 2.65. The first kappa shape index (κ1) is 17.6. The van der Waals surface area contributed by atoms with Gasteiger partial charge in [-0.1, -0.05) is 46.4 Å². The lowest BCUT2D eigenvalue weighted by Crippen LogP contribution is -2.14. The van der Waals surface area contributed by atoms with Crippen molar-refractivity contribution in [3.63, 3.8) is 0 Å². The summed E-state index contributed by atoms with van der Waals surface area (Å²) in [6.07, 6.45) is 0. The number of ketones is 1. The van der Waals surface area contributed by atoms with Crippen molar-refractivity contribution in [2.75, 3.05) is 5.43 Å². The average Bonchev–Trinajstić information content (AvgIpc) is 2.50. The molecule has 0 radical (unpaired) electrons. The Kier molecular flexibility index (Phi) is 5.86. The van der Waals surface area contributed by atoms with E-state index in [-0.39, 0.29) is 27.0 Å². The Labute approximate surface area is 152 Å². The Morgan fingerprint density at radius 3 is 2.09 bits per heavy atom. The fourth-order valence-electron chi connectivity index (χ4n) is 1.63. The van der Waals surface area contributed by atoms with Crippen LogP contribution in [0.4, 0.5) is 5.69 Å². The van der Waals surface area contributed by atoms with Crippen LogP contribution in [0.5, 0.6) is 0 Å². The van der Waals surface area contributed by atoms with Crippen LogP contribution in [0.25, 0.3) is 0 Å². The molecule has 2 aromatic carbocycles. The van der Waals surface area contributed by atoms with E-state index in [0.29, 0.717) is 10.0 Å². The van der Waals surface area contributed by atoms with E-state index < -0.39 is 5.78 Å². The van der Waals surface area contributed by atoms with Crippen molar-refractivity contribution in [1.29, 1.82) is 5.26 Å². The number of hydrogen-bond donors (Lipinski definition) is 1. The standard InChI is InChI=1S/C15H7Cl4N3O/c16-9-3-1-8(2-4-9)15(23)13(7-20)21-22-14-11(18)5-10(17)6-12(14)19/h1-6,22H/b21-13-. The third-order valence-corrected chi connectivity index (χ3v) is 3.78. The first-order valence-electron chi connectivity index (χ1n) is 6.11. The molecule has 1 N–H and O–H groups in total. The minimum absolute atomic E-state index is 0.211. The number of rotatable bonds is 4. The summed E-state index contributed by atoms with van der Waals surface area (Å²) in [6.45, 7) is 0. The third kappa shape index (κ3) is 4.37. The van der Waals surface area contributed by atoms with Gasteiger partial charge in [0.05, 0.1) is 15.7 Å². The molecule has 0 bridgehead atoms. The molecule has 4 nitrogen and oxygen atoms in total. The number of nitrogens with zero attached hydrogens (tertiary/aromatic N) is 2. The first-order valence-corrected chi connectivity index (χ1v) is 7.62. The normalized spacial score (nSPS) is 11.0. The number of hydrogen-bond acceptors (Lipinski definition) is 4. The number of carbonyl (C=O) groups excluding carboxylic acids is 1. The van der Waals surface area contributed by atoms with Gasteiger partial charge in [0.2, 0.25) is 11.5 Å². The van der Waals surface area contributed by atoms with Gasteiger partial charge in [-0.2, -0.15) is 10.4 Å². The van der Waals surface area contributed by atoms with Gasteiger partial charge in [0.25, 0.3) is 0 Å². The number of nitrogens with one attached hydrogen (secondary N) is 1. The van der Waals surface area contributed by atoms with Crippen LogP contribution in [0.2, 0.25) is 20.1 Å². The molecule has 0 fully saturated rings. The minimum atomic E-state index is -0.558. The number of anilines is 1. The predicted octanol–water partition coefficient (Wildman–Crippen LogP) is 5.47. The van der Waals surface area contributed by atoms with Crippen molar-refractivity contribution in [3.05, 3.63) is 62.1 Å². The molecular weight excluding hydrogens is 380 g/mol. The quantitative estimate of drug-likeness (QED) is 0.430. The maximum absolute atomic E-state index is 12.2. The highest BCUT2D eigenvalue weighted by Crippen LogP contribution is 2.33. The molecule has 2 aromatic rings. The maximum atomic E-state index is 12.2. The maximum Gasteiger partial charge on any atom is 0.223 e. The van der Waals surface area contributed by atoms with Crippen LogP contribution < -0.4 is 5.43 Å². The summed E-state index contributed by atoms with van der Waals surface area (Å²) in [6, 6.07) is 10.7. The van der Waals surface area contributed by atoms with Crippen LogP contribution in [0, 0.1) is 11.3 Å². The van der Waals surface area contributed by atoms with Gasteiger partial charge in [0, 0.05) is 15.6 Å². The van der Waals surface area contributed by atoms with E-state index in [9.17, 15) is 4.79 Å². The summed E-state index contributed by atoms with van der Waals surface area (Å²) >= 11 is 23.5. The van der Waals surface area contributed by atoms with E-state index in [4.69, 9.17) is 51.7 Å². The Balaban J connectivity index is 2.28. The number of Topliss-reactive ketones (excluding diaryl/α,β-unsaturated/α-hetero) is 1. The second kappa shape index (κ2) is 7.67. The highest BCUT2D eigenvalue weighted by Gasteiger charge is 2.15. The molecule has 0 saturated heterocycles. The Bertz CT molecular complexity index is 803. The topological polar surface area (TPSA) is 65.2 Å². The SMILES string of the molecule is N#C/C(=N/Nc1c(Cl)cc(Cl)cc1Cl)C(=O)c1ccc(Cl)cc1. The zero-order valence-electron chi connectivity index (χ0n) is 11.3. The second-order valence-corrected chi connectivity index (χ2v) is 5.95. The molecule has 0 amide bonds. The van der Waals surface area contributed by atoms with Crippen molar-refractivity contribution in [2.24, 2.45) is 5.10 Å². The van der Waals surface area contributed by atoms with Crippen LogP contribution in [0.3, 0.4) is 0 Å². The van der Waals surface area contributed by atoms with E-state index in [1.165, 1.54) is 24.3 Å². The van der Waals surface area contributed by atoms with Gasteiger partial charge in [0.15, 0.2) is 0 Å². The summed E-state index contributed by atoms with van der Waals surface area (Å²) in [4.78, 5) is 12.2. The van der Waals surface area contributed by atoms with Gasteiger partial charge < -0.3 is 0 Å². The first-order chi connectivity index (χ1) is 10.9. The van der Waals surface area contributed by atoms with Crippen molar-refractivity contribution in [2.45, 2.75) is 0 Å². The molecular formula is C15H7Cl4N3O. The van der Waals surface area contributed by atoms with Gasteiger partial charge in [-0.15, -0.1) is 0 Å². The highest BCUT2D eigenvalue weighted by molar-refractivity contribution is 6.51. The van der Waals surface area contributed by atoms with Crippen LogP contribution in [0.1, 0.15) is 10.4 Å². The predicted molar refractivity (Wildman–Crippen MR) is 93.9 cm³/mol. The second-order valence-electron chi connectivity index (χ2n) is 4.26. The highest BCUT2D eigenvalue weighted by atomic mass is 35.5. The third-order valence-electron chi connectivity index (χ3n) is 2.71. The number of benzene rings is 2. The number of halogens is 4. The monoisotopic (exact) mass is 385 g/mol. The Morgan fingerprint density at radius 2 is 1.57 bits per heavy atom. The van der Waals surface area contributed by atoms with Gasteiger partial charge in [-0.3, -0.25) is 10.2 Å². The Morgan fingerprint density at radius 1 is 1.00 bits per heavy atom. The summed E-state index contributed by atoms with van der Waals surface area (Å²) in [5.74, 6) is -0.558. The minimum Gasteiger partial charge on any atom is -0.286 e. The van der Waals surface area contributed by atoms with Crippen molar-refractivity contribution >= 4 is 63.6 Å². The van der Waals surface area contributed by atoms with E-state index in [1.54, 1.807) is 18.2 Å². The van der Waals surface area contributed by atoms with Gasteiger partial charge in [0.1, 0.15) is 6.07 Å². The number of nitriles is 1. The smallest absolute Gasteiger partial charge is 0.223 e. The van der Waals surface area contributed by atoms with Crippen LogP contribution in [-0.2, 0) is 0 Å². The van der Waals surface area contributed by atoms with Gasteiger partial charge in [-0.05, 0) is 36.4 Å². The molecule has 0 atom stereocenters. The summed E-state index contributed by atoms with van der Waals surface area (Å²) in [5, 5.41) is 14.1. The van der Waals surface area contributed by atoms with E-state index in [0.717, 1.165) is 0 Å². The van der Waals surface area contributed by atoms with Crippen LogP contribution in [0.15, 0.2) is 41.5 Å². The summed E-state index contributed by atoms with van der Waals surface area (Å²) in [5.41, 5.74) is 2.69. The summed E-state index contributed by atoms with van der Waals surface area (Å²) < 4.78 is 0. The zero-order valence-corrected chi connectivity index (χ0v) is 14.3. The van der Waals surface area contributed by atoms with Crippen LogP contribution in [-0.4, -0.2) is 11.5 Å². The molecule has 0 aliphatic heterocycles. The van der Waals surface area contributed by atoms with Crippen molar-refractivity contribution in [3.8, 4) is 6.07 Å². The van der Waals surface area contributed by atoms with Crippen molar-refractivity contribution in [1.82, 2.24) is 0 Å². The molecule has 2 rings (SSSR count). The van der Waals surface area contributed by atoms with Gasteiger partial charge >= 0.3 is 0 Å². The molecule has 116 valence electrons. The lowest BCUT2D eigenvalue weighted by atomic mass is 10.1. The number of hydrazone groups is 1. The molecule has 0 saturated carbocycles. The average molecular weight is 387 g/mol. The molecule has 0 aliphatic carbocycles. The van der Waals surface area contributed by atoms with Crippen LogP contribution >= 0.6 is 46.4 Å². The molecule has 0 heterocycles. The lowest BCUT2D eigenvalue weighted by Gasteiger charge is -2.07. The molecule has 0 aliphatic rings. The van der Waals surface area contributed by atoms with E-state index in [1.807, 2.05) is 0 Å². The molecule has 0 unspecified atom stereocenters. The molecule has 23 heavy (non-hydrogen) atoms. The number of carbonyl (C=O) groups is 1. The van der Waals surface area contributed by atoms with Crippen molar-refractivity contribution < 1.29 is 4.79 Å². The summed E-state index contributed by atoms with van der Waals surface area (Å²) in [7, 11) is 0. The molecule has 0 aromatic heterocycles. The lowest BCUT2D eigenvalue weighted by molar-refractivity contribution is 0.106. The van der Waals surface area contributed by atoms with Gasteiger partial charge in [-0.25, -0.2) is 0 Å². The molecule has 0 spiro atoms. The molecule has 8 heteroatoms.